The lowest BCUT2D eigenvalue weighted by atomic mass is 9.99. The van der Waals surface area contributed by atoms with E-state index in [1.807, 2.05) is 12.1 Å². The molecule has 7 atom stereocenters. The fraction of sp³-hybridized carbons (Fsp3) is 0.822. The van der Waals surface area contributed by atoms with Crippen molar-refractivity contribution in [3.05, 3.63) is 72.8 Å². The van der Waals surface area contributed by atoms with E-state index in [1.54, 1.807) is 0 Å². The summed E-state index contributed by atoms with van der Waals surface area (Å²) in [5, 5.41) is 47.8. The second-order valence-electron chi connectivity index (χ2n) is 32.2. The van der Waals surface area contributed by atoms with E-state index in [1.165, 1.54) is 308 Å². The lowest BCUT2D eigenvalue weighted by molar-refractivity contribution is -0.302. The van der Waals surface area contributed by atoms with E-state index in [2.05, 4.69) is 101 Å². The number of carbonyl (C=O) groups is 2. The van der Waals surface area contributed by atoms with Crippen LogP contribution in [0.1, 0.15) is 413 Å². The zero-order valence-electron chi connectivity index (χ0n) is 66.4. The van der Waals surface area contributed by atoms with Gasteiger partial charge in [-0.05, 0) is 47.5 Å². The second kappa shape index (κ2) is 63.4. The van der Waals surface area contributed by atoms with E-state index in [0.717, 1.165) is 74.6 Å². The molecule has 0 radical (unpaired) electrons. The fourth-order valence-corrected chi connectivity index (χ4v) is 20.1. The Morgan fingerprint density at radius 2 is 0.743 bits per heavy atom. The van der Waals surface area contributed by atoms with Gasteiger partial charge in [-0.15, -0.1) is 0 Å². The molecule has 1 amide bonds. The second-order valence-corrected chi connectivity index (χ2v) is 36.4. The summed E-state index contributed by atoms with van der Waals surface area (Å²) in [4.78, 5) is 26.6. The number of hydrogen-bond donors (Lipinski definition) is 5. The summed E-state index contributed by atoms with van der Waals surface area (Å²) in [5.74, 6) is 0.414. The summed E-state index contributed by atoms with van der Waals surface area (Å²) in [6.45, 7) is 10.6. The SMILES string of the molecule is CCCCCCCCCCCCCCC/C=C/[C@@H](O[Si](c1ccccc1)(c1ccccc1)C(C)(C)C)[C@H](CO[C@@H]1O[C@H](CO)[C@@H](O)[C@H](O)[C@H]1O)NC(=O)CCCCCCCCCCCCCCCCCCCCCCCCCCCCCC(=O)CCCCCCCCCCCCCCCCC. The Labute approximate surface area is 623 Å². The van der Waals surface area contributed by atoms with Crippen LogP contribution < -0.4 is 15.7 Å². The maximum atomic E-state index is 14.3. The van der Waals surface area contributed by atoms with Gasteiger partial charge in [-0.25, -0.2) is 0 Å². The number of amides is 1. The molecule has 10 nitrogen and oxygen atoms in total. The fourth-order valence-electron chi connectivity index (χ4n) is 15.4. The van der Waals surface area contributed by atoms with Gasteiger partial charge in [-0.1, -0.05) is 435 Å². The van der Waals surface area contributed by atoms with E-state index in [-0.39, 0.29) is 17.6 Å². The summed E-state index contributed by atoms with van der Waals surface area (Å²) < 4.78 is 20.0. The minimum atomic E-state index is -3.19. The van der Waals surface area contributed by atoms with Crippen LogP contribution in [0.5, 0.6) is 0 Å². The molecule has 1 saturated heterocycles. The highest BCUT2D eigenvalue weighted by molar-refractivity contribution is 6.99. The molecule has 11 heteroatoms. The van der Waals surface area contributed by atoms with Gasteiger partial charge in [0.05, 0.1) is 25.4 Å². The third kappa shape index (κ3) is 44.9. The van der Waals surface area contributed by atoms with Gasteiger partial charge >= 0.3 is 0 Å². The quantitative estimate of drug-likeness (QED) is 0.0247. The van der Waals surface area contributed by atoms with Gasteiger partial charge in [0.25, 0.3) is 8.32 Å². The van der Waals surface area contributed by atoms with Crippen molar-refractivity contribution in [3.63, 3.8) is 0 Å². The molecule has 0 saturated carbocycles. The normalized spacial score (nSPS) is 17.3. The maximum absolute atomic E-state index is 14.3. The van der Waals surface area contributed by atoms with Crippen LogP contribution >= 0.6 is 0 Å². The number of aliphatic hydroxyl groups is 4. The molecule has 2 aromatic rings. The number of aliphatic hydroxyl groups excluding tert-OH is 4. The number of unbranched alkanes of at least 4 members (excludes halogenated alkanes) is 53. The van der Waals surface area contributed by atoms with Crippen LogP contribution in [0.3, 0.4) is 0 Å². The molecule has 1 aliphatic heterocycles. The third-order valence-electron chi connectivity index (χ3n) is 22.0. The van der Waals surface area contributed by atoms with Gasteiger partial charge in [-0.3, -0.25) is 9.59 Å². The van der Waals surface area contributed by atoms with Crippen molar-refractivity contribution in [2.24, 2.45) is 0 Å². The predicted molar refractivity (Wildman–Crippen MR) is 432 cm³/mol. The number of Topliss-reactive ketones (excluding diaryl/α,β-unsaturated/α-hetero) is 1. The highest BCUT2D eigenvalue weighted by Gasteiger charge is 2.52. The molecule has 584 valence electrons. The number of hydrogen-bond acceptors (Lipinski definition) is 9. The molecule has 101 heavy (non-hydrogen) atoms. The molecule has 0 spiro atoms. The lowest BCUT2D eigenvalue weighted by Crippen LogP contribution is -2.69. The summed E-state index contributed by atoms with van der Waals surface area (Å²) in [6.07, 6.45) is 71.8. The van der Waals surface area contributed by atoms with Crippen molar-refractivity contribution in [3.8, 4) is 0 Å². The number of rotatable bonds is 71. The van der Waals surface area contributed by atoms with Crippen molar-refractivity contribution in [2.75, 3.05) is 13.2 Å². The molecule has 0 aliphatic carbocycles. The van der Waals surface area contributed by atoms with Gasteiger partial charge in [0.15, 0.2) is 6.29 Å². The average molecular weight is 1430 g/mol. The number of nitrogens with one attached hydrogen (secondary N) is 1. The average Bonchev–Trinajstić information content (AvgIpc) is 0.744. The molecule has 1 heterocycles. The maximum Gasteiger partial charge on any atom is 0.261 e. The zero-order valence-corrected chi connectivity index (χ0v) is 67.4. The summed E-state index contributed by atoms with van der Waals surface area (Å²) in [7, 11) is -3.19. The number of benzene rings is 2. The summed E-state index contributed by atoms with van der Waals surface area (Å²) in [5.41, 5.74) is 0. The van der Waals surface area contributed by atoms with E-state index >= 15 is 0 Å². The van der Waals surface area contributed by atoms with Crippen molar-refractivity contribution >= 4 is 30.4 Å². The highest BCUT2D eigenvalue weighted by atomic mass is 28.4. The van der Waals surface area contributed by atoms with Gasteiger partial charge in [-0.2, -0.15) is 0 Å². The van der Waals surface area contributed by atoms with Gasteiger partial charge < -0.3 is 39.6 Å². The minimum Gasteiger partial charge on any atom is -0.399 e. The van der Waals surface area contributed by atoms with Crippen LogP contribution in [-0.4, -0.2) is 96.5 Å². The standard InChI is InChI=1S/C90H161NO9Si/c1-6-8-10-12-14-16-18-20-35-39-43-47-51-55-61-69-79(93)70-62-56-52-48-44-40-37-33-31-29-27-25-23-22-24-26-28-30-32-34-38-42-46-50-54-58-68-76-85(94)91-82(78-98-89-88(97)87(96)86(95)84(77-92)99-89)83(75-67-57-53-49-45-41-36-21-19-17-15-13-11-9-7-2)100-101(90(3,4)5,80-71-63-59-64-72-80)81-73-65-60-66-74-81/h59-60,63-67,71-75,82-84,86-89,92,95-97H,6-58,61-62,68-70,76-78H2,1-5H3,(H,91,94)/b75-67+/t82-,83+,84+,86+,87-,88+,89+/m0/s1. The Bertz CT molecular complexity index is 2150. The highest BCUT2D eigenvalue weighted by Crippen LogP contribution is 2.39. The van der Waals surface area contributed by atoms with Gasteiger partial charge in [0, 0.05) is 19.3 Å². The van der Waals surface area contributed by atoms with Crippen molar-refractivity contribution in [2.45, 2.75) is 461 Å². The molecule has 1 fully saturated rings. The Morgan fingerprint density at radius 3 is 1.06 bits per heavy atom. The zero-order chi connectivity index (χ0) is 72.8. The molecular weight excluding hydrogens is 1270 g/mol. The smallest absolute Gasteiger partial charge is 0.261 e. The van der Waals surface area contributed by atoms with E-state index < -0.39 is 57.8 Å². The number of ether oxygens (including phenoxy) is 2. The van der Waals surface area contributed by atoms with E-state index in [4.69, 9.17) is 13.9 Å². The van der Waals surface area contributed by atoms with Crippen LogP contribution in [0.2, 0.25) is 5.04 Å². The Hall–Kier alpha value is -2.74. The molecule has 0 bridgehead atoms. The molecule has 0 unspecified atom stereocenters. The van der Waals surface area contributed by atoms with Crippen molar-refractivity contribution in [1.29, 1.82) is 0 Å². The first-order chi connectivity index (χ1) is 49.4. The van der Waals surface area contributed by atoms with E-state index in [9.17, 15) is 30.0 Å². The first-order valence-corrected chi connectivity index (χ1v) is 45.5. The van der Waals surface area contributed by atoms with Gasteiger partial charge in [0.2, 0.25) is 5.91 Å². The first kappa shape index (κ1) is 92.5. The summed E-state index contributed by atoms with van der Waals surface area (Å²) in [6, 6.07) is 20.3. The predicted octanol–water partition coefficient (Wildman–Crippen LogP) is 23.4. The minimum absolute atomic E-state index is 0.0975. The number of ketones is 1. The number of allylic oxidation sites excluding steroid dienone is 1. The molecule has 0 aromatic heterocycles. The molecule has 5 N–H and O–H groups in total. The number of carbonyl (C=O) groups excluding carboxylic acids is 2. The third-order valence-corrected chi connectivity index (χ3v) is 27.0. The van der Waals surface area contributed by atoms with Crippen LogP contribution in [0.4, 0.5) is 0 Å². The van der Waals surface area contributed by atoms with Crippen LogP contribution in [-0.2, 0) is 23.5 Å². The lowest BCUT2D eigenvalue weighted by Gasteiger charge is -2.46. The van der Waals surface area contributed by atoms with Crippen LogP contribution in [0.15, 0.2) is 72.8 Å². The molecule has 1 aliphatic rings. The monoisotopic (exact) mass is 1430 g/mol. The van der Waals surface area contributed by atoms with Crippen LogP contribution in [0.25, 0.3) is 0 Å². The Balaban J connectivity index is 1.29. The van der Waals surface area contributed by atoms with Crippen LogP contribution in [0, 0.1) is 0 Å². The van der Waals surface area contributed by atoms with Crippen molar-refractivity contribution in [1.82, 2.24) is 5.32 Å². The summed E-state index contributed by atoms with van der Waals surface area (Å²) >= 11 is 0. The van der Waals surface area contributed by atoms with Crippen molar-refractivity contribution < 1.29 is 43.9 Å². The topological polar surface area (TPSA) is 155 Å². The largest absolute Gasteiger partial charge is 0.399 e. The Morgan fingerprint density at radius 1 is 0.436 bits per heavy atom. The van der Waals surface area contributed by atoms with E-state index in [0.29, 0.717) is 12.2 Å². The van der Waals surface area contributed by atoms with Gasteiger partial charge in [0.1, 0.15) is 30.2 Å². The molecule has 3 rings (SSSR count). The first-order valence-electron chi connectivity index (χ1n) is 43.6. The molecule has 2 aromatic carbocycles. The molecular formula is C90H161NO9Si. The Kier molecular flexibility index (Phi) is 58.0.